The van der Waals surface area contributed by atoms with Gasteiger partial charge in [-0.15, -0.1) is 0 Å². The van der Waals surface area contributed by atoms with Gasteiger partial charge in [-0.05, 0) is 61.4 Å². The maximum atomic E-state index is 6.17. The van der Waals surface area contributed by atoms with Crippen LogP contribution in [0.2, 0.25) is 0 Å². The zero-order valence-corrected chi connectivity index (χ0v) is 14.4. The molecule has 0 fully saturated rings. The fourth-order valence-electron chi connectivity index (χ4n) is 2.50. The van der Waals surface area contributed by atoms with Crippen LogP contribution in [-0.2, 0) is 0 Å². The SMILES string of the molecule is COc1ccc(Oc2ncnc(Nc3cc(C)cc(C)c3)c2N)cc1. The van der Waals surface area contributed by atoms with E-state index in [1.54, 1.807) is 31.4 Å². The average molecular weight is 336 g/mol. The predicted octanol–water partition coefficient (Wildman–Crippen LogP) is 4.22. The van der Waals surface area contributed by atoms with Crippen LogP contribution in [0.15, 0.2) is 48.8 Å². The van der Waals surface area contributed by atoms with Gasteiger partial charge >= 0.3 is 0 Å². The van der Waals surface area contributed by atoms with Gasteiger partial charge in [0.05, 0.1) is 7.11 Å². The summed E-state index contributed by atoms with van der Waals surface area (Å²) in [5, 5.41) is 3.22. The second-order valence-electron chi connectivity index (χ2n) is 5.72. The standard InChI is InChI=1S/C19H20N4O2/c1-12-8-13(2)10-14(9-12)23-18-17(20)19(22-11-21-18)25-16-6-4-15(24-3)5-7-16/h4-11H,20H2,1-3H3,(H,21,22,23). The molecule has 0 atom stereocenters. The zero-order chi connectivity index (χ0) is 17.8. The summed E-state index contributed by atoms with van der Waals surface area (Å²) in [6.07, 6.45) is 1.42. The van der Waals surface area contributed by atoms with Crippen molar-refractivity contribution in [1.29, 1.82) is 0 Å². The van der Waals surface area contributed by atoms with E-state index in [4.69, 9.17) is 15.2 Å². The van der Waals surface area contributed by atoms with Crippen LogP contribution in [0.25, 0.3) is 0 Å². The van der Waals surface area contributed by atoms with Crippen molar-refractivity contribution in [3.05, 3.63) is 59.9 Å². The van der Waals surface area contributed by atoms with E-state index in [2.05, 4.69) is 21.4 Å². The molecule has 0 radical (unpaired) electrons. The van der Waals surface area contributed by atoms with Gasteiger partial charge in [0.2, 0.25) is 5.88 Å². The lowest BCUT2D eigenvalue weighted by atomic mass is 10.1. The molecule has 25 heavy (non-hydrogen) atoms. The van der Waals surface area contributed by atoms with Crippen LogP contribution in [0.5, 0.6) is 17.4 Å². The molecule has 0 bridgehead atoms. The van der Waals surface area contributed by atoms with Gasteiger partial charge in [0, 0.05) is 5.69 Å². The third kappa shape index (κ3) is 3.98. The number of aryl methyl sites for hydroxylation is 2. The highest BCUT2D eigenvalue weighted by Gasteiger charge is 2.11. The number of hydrogen-bond acceptors (Lipinski definition) is 6. The van der Waals surface area contributed by atoms with Gasteiger partial charge in [-0.1, -0.05) is 6.07 Å². The third-order valence-electron chi connectivity index (χ3n) is 3.61. The summed E-state index contributed by atoms with van der Waals surface area (Å²) in [4.78, 5) is 8.34. The van der Waals surface area contributed by atoms with E-state index in [1.807, 2.05) is 26.0 Å². The zero-order valence-electron chi connectivity index (χ0n) is 14.4. The van der Waals surface area contributed by atoms with Crippen molar-refractivity contribution < 1.29 is 9.47 Å². The monoisotopic (exact) mass is 336 g/mol. The van der Waals surface area contributed by atoms with Crippen molar-refractivity contribution in [2.75, 3.05) is 18.2 Å². The number of rotatable bonds is 5. The molecule has 3 N–H and O–H groups in total. The van der Waals surface area contributed by atoms with Crippen molar-refractivity contribution in [1.82, 2.24) is 9.97 Å². The Morgan fingerprint density at radius 1 is 0.920 bits per heavy atom. The molecule has 0 saturated carbocycles. The number of methoxy groups -OCH3 is 1. The van der Waals surface area contributed by atoms with Crippen molar-refractivity contribution in [3.63, 3.8) is 0 Å². The number of nitrogen functional groups attached to an aromatic ring is 1. The molecule has 0 unspecified atom stereocenters. The van der Waals surface area contributed by atoms with E-state index in [0.29, 0.717) is 23.1 Å². The smallest absolute Gasteiger partial charge is 0.248 e. The minimum absolute atomic E-state index is 0.298. The summed E-state index contributed by atoms with van der Waals surface area (Å²) in [7, 11) is 1.61. The van der Waals surface area contributed by atoms with Gasteiger partial charge in [0.1, 0.15) is 23.5 Å². The van der Waals surface area contributed by atoms with Gasteiger partial charge in [0.15, 0.2) is 5.82 Å². The summed E-state index contributed by atoms with van der Waals surface area (Å²) in [6.45, 7) is 4.08. The normalized spacial score (nSPS) is 10.4. The number of nitrogens with two attached hydrogens (primary N) is 1. The van der Waals surface area contributed by atoms with Crippen molar-refractivity contribution >= 4 is 17.2 Å². The first-order valence-corrected chi connectivity index (χ1v) is 7.83. The van der Waals surface area contributed by atoms with Crippen molar-refractivity contribution in [2.45, 2.75) is 13.8 Å². The number of ether oxygens (including phenoxy) is 2. The highest BCUT2D eigenvalue weighted by atomic mass is 16.5. The van der Waals surface area contributed by atoms with Crippen LogP contribution in [-0.4, -0.2) is 17.1 Å². The molecule has 1 aromatic heterocycles. The lowest BCUT2D eigenvalue weighted by Crippen LogP contribution is -2.03. The van der Waals surface area contributed by atoms with E-state index in [9.17, 15) is 0 Å². The number of nitrogens with zero attached hydrogens (tertiary/aromatic N) is 2. The van der Waals surface area contributed by atoms with Crippen LogP contribution in [0.4, 0.5) is 17.2 Å². The topological polar surface area (TPSA) is 82.3 Å². The minimum atomic E-state index is 0.298. The van der Waals surface area contributed by atoms with Gasteiger partial charge in [0.25, 0.3) is 0 Å². The second-order valence-corrected chi connectivity index (χ2v) is 5.72. The molecule has 0 aliphatic rings. The summed E-state index contributed by atoms with van der Waals surface area (Å²) >= 11 is 0. The molecular weight excluding hydrogens is 316 g/mol. The van der Waals surface area contributed by atoms with Crippen molar-refractivity contribution in [3.8, 4) is 17.4 Å². The van der Waals surface area contributed by atoms with Gasteiger partial charge in [-0.25, -0.2) is 4.98 Å². The van der Waals surface area contributed by atoms with Crippen LogP contribution in [0.1, 0.15) is 11.1 Å². The number of nitrogens with one attached hydrogen (secondary N) is 1. The van der Waals surface area contributed by atoms with Crippen LogP contribution < -0.4 is 20.5 Å². The summed E-state index contributed by atoms with van der Waals surface area (Å²) in [6, 6.07) is 13.3. The molecule has 6 nitrogen and oxygen atoms in total. The molecule has 0 aliphatic carbocycles. The fraction of sp³-hybridized carbons (Fsp3) is 0.158. The van der Waals surface area contributed by atoms with Crippen LogP contribution in [0.3, 0.4) is 0 Å². The molecule has 6 heteroatoms. The summed E-state index contributed by atoms with van der Waals surface area (Å²) < 4.78 is 10.9. The van der Waals surface area contributed by atoms with E-state index < -0.39 is 0 Å². The Morgan fingerprint density at radius 2 is 1.56 bits per heavy atom. The molecule has 0 saturated heterocycles. The van der Waals surface area contributed by atoms with E-state index >= 15 is 0 Å². The maximum Gasteiger partial charge on any atom is 0.248 e. The quantitative estimate of drug-likeness (QED) is 0.726. The summed E-state index contributed by atoms with van der Waals surface area (Å²) in [5.41, 5.74) is 9.75. The largest absolute Gasteiger partial charge is 0.497 e. The first kappa shape index (κ1) is 16.6. The second kappa shape index (κ2) is 7.09. The number of hydrogen-bond donors (Lipinski definition) is 2. The highest BCUT2D eigenvalue weighted by Crippen LogP contribution is 2.31. The predicted molar refractivity (Wildman–Crippen MR) is 98.7 cm³/mol. The first-order valence-electron chi connectivity index (χ1n) is 7.83. The van der Waals surface area contributed by atoms with E-state index in [-0.39, 0.29) is 0 Å². The number of anilines is 3. The molecule has 128 valence electrons. The van der Waals surface area contributed by atoms with Gasteiger partial charge in [-0.3, -0.25) is 0 Å². The Balaban J connectivity index is 1.83. The first-order chi connectivity index (χ1) is 12.0. The lowest BCUT2D eigenvalue weighted by Gasteiger charge is -2.13. The summed E-state index contributed by atoms with van der Waals surface area (Å²) in [5.74, 6) is 2.17. The molecule has 3 rings (SSSR count). The average Bonchev–Trinajstić information content (AvgIpc) is 2.58. The Hall–Kier alpha value is -3.28. The molecule has 0 amide bonds. The lowest BCUT2D eigenvalue weighted by molar-refractivity contribution is 0.412. The molecule has 1 heterocycles. The molecule has 3 aromatic rings. The van der Waals surface area contributed by atoms with Crippen molar-refractivity contribution in [2.24, 2.45) is 0 Å². The third-order valence-corrected chi connectivity index (χ3v) is 3.61. The Bertz CT molecular complexity index is 859. The molecular formula is C19H20N4O2. The number of aromatic nitrogens is 2. The minimum Gasteiger partial charge on any atom is -0.497 e. The van der Waals surface area contributed by atoms with Crippen LogP contribution in [0, 0.1) is 13.8 Å². The van der Waals surface area contributed by atoms with Gasteiger partial charge < -0.3 is 20.5 Å². The van der Waals surface area contributed by atoms with Gasteiger partial charge in [-0.2, -0.15) is 4.98 Å². The Morgan fingerprint density at radius 3 is 2.20 bits per heavy atom. The molecule has 0 aliphatic heterocycles. The molecule has 2 aromatic carbocycles. The Labute approximate surface area is 146 Å². The van der Waals surface area contributed by atoms with Crippen LogP contribution >= 0.6 is 0 Å². The number of benzene rings is 2. The molecule has 0 spiro atoms. The highest BCUT2D eigenvalue weighted by molar-refractivity contribution is 5.72. The van der Waals surface area contributed by atoms with E-state index in [0.717, 1.165) is 22.6 Å². The maximum absolute atomic E-state index is 6.17. The Kier molecular flexibility index (Phi) is 4.70. The fourth-order valence-corrected chi connectivity index (χ4v) is 2.50. The van der Waals surface area contributed by atoms with E-state index in [1.165, 1.54) is 6.33 Å².